The van der Waals surface area contributed by atoms with Gasteiger partial charge in [0.25, 0.3) is 0 Å². The van der Waals surface area contributed by atoms with Crippen molar-refractivity contribution in [2.75, 3.05) is 47.0 Å². The predicted molar refractivity (Wildman–Crippen MR) is 221 cm³/mol. The number of hydrogen-bond acceptors (Lipinski definition) is 14. The number of nitrogens with zero attached hydrogens (tertiary/aromatic N) is 2. The highest BCUT2D eigenvalue weighted by molar-refractivity contribution is 7.99. The number of aliphatic hydroxyl groups excluding tert-OH is 1. The van der Waals surface area contributed by atoms with Crippen LogP contribution in [0.1, 0.15) is 73.4 Å². The van der Waals surface area contributed by atoms with Gasteiger partial charge < -0.3 is 44.2 Å². The minimum Gasteiger partial charge on any atom is -0.508 e. The second-order valence-electron chi connectivity index (χ2n) is 17.6. The maximum absolute atomic E-state index is 15.2. The zero-order valence-electron chi connectivity index (χ0n) is 34.8. The van der Waals surface area contributed by atoms with Gasteiger partial charge in [0.05, 0.1) is 36.6 Å². The van der Waals surface area contributed by atoms with E-state index in [1.54, 1.807) is 26.0 Å². The zero-order chi connectivity index (χ0) is 41.4. The van der Waals surface area contributed by atoms with E-state index in [4.69, 9.17) is 34.2 Å². The van der Waals surface area contributed by atoms with Crippen LogP contribution in [0, 0.1) is 18.3 Å². The van der Waals surface area contributed by atoms with Crippen molar-refractivity contribution in [1.29, 1.82) is 0 Å². The molecule has 314 valence electrons. The number of piperazine rings is 1. The van der Waals surface area contributed by atoms with Gasteiger partial charge in [-0.25, -0.2) is 4.79 Å². The second-order valence-corrected chi connectivity index (χ2v) is 18.7. The standard InChI is InChI=1S/C44H53N5O9S/c1-19-11-23-12-29-21(3)49-30-16-55-42(52)44(39-27(13-24(15-45)47-44)26-14-25(53-7)9-10-28(26)46-39)17-59-38(33(49)40(48(29)6)43(23,5)41(51)34(19)54-8)32-31(30)37-36(56-18-57-37)20(2)35(32)58-22(4)50/h9-11,14,21,23-24,29-30,33,38,40,46-47,51H,12-13,15-18,45H2,1-8H3/t21-,23-,24-,29-,30-,33-,38+,40?,43?,44+/m0/s1. The van der Waals surface area contributed by atoms with Crippen molar-refractivity contribution in [3.8, 4) is 23.0 Å². The van der Waals surface area contributed by atoms with Crippen LogP contribution in [-0.4, -0.2) is 109 Å². The van der Waals surface area contributed by atoms with E-state index in [9.17, 15) is 9.90 Å². The van der Waals surface area contributed by atoms with Gasteiger partial charge in [-0.3, -0.25) is 19.9 Å². The molecule has 5 N–H and O–H groups in total. The normalized spacial score (nSPS) is 34.7. The number of ether oxygens (including phenoxy) is 6. The fraction of sp³-hybridized carbons (Fsp3) is 0.545. The number of likely N-dealkylation sites (N-methyl/N-ethyl adjacent to an activating group) is 1. The summed E-state index contributed by atoms with van der Waals surface area (Å²) in [5, 5.41) is 16.7. The van der Waals surface area contributed by atoms with Gasteiger partial charge in [0, 0.05) is 77.0 Å². The molecule has 59 heavy (non-hydrogen) atoms. The van der Waals surface area contributed by atoms with Crippen LogP contribution in [0.15, 0.2) is 41.4 Å². The molecule has 7 aliphatic heterocycles. The third kappa shape index (κ3) is 5.14. The summed E-state index contributed by atoms with van der Waals surface area (Å²) in [5.41, 5.74) is 10.2. The molecule has 15 heteroatoms. The molecule has 1 spiro atoms. The van der Waals surface area contributed by atoms with Crippen LogP contribution in [0.2, 0.25) is 0 Å². The molecule has 0 saturated carbocycles. The number of hydrogen-bond donors (Lipinski definition) is 4. The Morgan fingerprint density at radius 2 is 1.92 bits per heavy atom. The highest BCUT2D eigenvalue weighted by Crippen LogP contribution is 2.66. The third-order valence-corrected chi connectivity index (χ3v) is 16.3. The first-order chi connectivity index (χ1) is 28.3. The number of esters is 2. The number of benzene rings is 2. The van der Waals surface area contributed by atoms with Crippen molar-refractivity contribution in [2.24, 2.45) is 17.1 Å². The molecule has 8 aliphatic rings. The van der Waals surface area contributed by atoms with Gasteiger partial charge in [0.1, 0.15) is 23.9 Å². The fourth-order valence-corrected chi connectivity index (χ4v) is 13.9. The summed E-state index contributed by atoms with van der Waals surface area (Å²) in [6.45, 7) is 10.0. The van der Waals surface area contributed by atoms with Crippen molar-refractivity contribution in [2.45, 2.75) is 94.5 Å². The lowest BCUT2D eigenvalue weighted by Gasteiger charge is -2.68. The second kappa shape index (κ2) is 13.5. The summed E-state index contributed by atoms with van der Waals surface area (Å²) in [6.07, 6.45) is 3.69. The largest absolute Gasteiger partial charge is 0.508 e. The SMILES string of the molecule is COC1=C(O)C2(C)C3[C@@H]4[C@@H]5SC[C@]6(N[C@H](CN)Cc7c6[nH]c6ccc(OC)cc76)C(=O)OC[C@@H](c6c7c(c(C)c(OC(C)=O)c65)OCO7)N4[C@@H](C)[C@H](C[C@@H]2C=C1C)N3C. The van der Waals surface area contributed by atoms with E-state index < -0.39 is 34.2 Å². The van der Waals surface area contributed by atoms with Crippen molar-refractivity contribution in [1.82, 2.24) is 20.1 Å². The Kier molecular flexibility index (Phi) is 8.90. The van der Waals surface area contributed by atoms with Crippen LogP contribution >= 0.6 is 11.8 Å². The molecule has 11 rings (SSSR count). The summed E-state index contributed by atoms with van der Waals surface area (Å²) in [5.74, 6) is 2.38. The lowest BCUT2D eigenvalue weighted by Crippen LogP contribution is -2.77. The quantitative estimate of drug-likeness (QED) is 0.204. The number of carbonyl (C=O) groups excluding carboxylic acids is 2. The van der Waals surface area contributed by atoms with Crippen molar-refractivity contribution < 1.29 is 43.1 Å². The average Bonchev–Trinajstić information content (AvgIpc) is 3.86. The molecule has 8 heterocycles. The Labute approximate surface area is 347 Å². The van der Waals surface area contributed by atoms with Crippen LogP contribution in [-0.2, 0) is 31.0 Å². The first-order valence-electron chi connectivity index (χ1n) is 20.5. The Bertz CT molecular complexity index is 2380. The van der Waals surface area contributed by atoms with Crippen LogP contribution < -0.4 is 30.0 Å². The topological polar surface area (TPSA) is 170 Å². The Hall–Kier alpha value is -4.41. The van der Waals surface area contributed by atoms with E-state index in [0.29, 0.717) is 41.5 Å². The molecular formula is C44H53N5O9S. The molecule has 10 atom stereocenters. The molecule has 1 aromatic heterocycles. The maximum Gasteiger partial charge on any atom is 0.333 e. The number of fused-ring (bicyclic) bond motifs is 11. The summed E-state index contributed by atoms with van der Waals surface area (Å²) in [6, 6.07) is 4.64. The highest BCUT2D eigenvalue weighted by atomic mass is 32.2. The molecule has 2 aromatic carbocycles. The Morgan fingerprint density at radius 1 is 1.14 bits per heavy atom. The maximum atomic E-state index is 15.2. The van der Waals surface area contributed by atoms with Crippen LogP contribution in [0.4, 0.5) is 0 Å². The minimum atomic E-state index is -1.33. The zero-order valence-corrected chi connectivity index (χ0v) is 35.6. The number of methoxy groups -OCH3 is 2. The summed E-state index contributed by atoms with van der Waals surface area (Å²) < 4.78 is 37.0. The molecule has 4 bridgehead atoms. The van der Waals surface area contributed by atoms with Gasteiger partial charge in [0.15, 0.2) is 22.8 Å². The van der Waals surface area contributed by atoms with E-state index in [-0.39, 0.29) is 61.0 Å². The lowest BCUT2D eigenvalue weighted by molar-refractivity contribution is -0.173. The smallest absolute Gasteiger partial charge is 0.333 e. The molecule has 3 fully saturated rings. The summed E-state index contributed by atoms with van der Waals surface area (Å²) >= 11 is 1.63. The number of rotatable bonds is 4. The number of H-pyrrole nitrogens is 1. The van der Waals surface area contributed by atoms with E-state index in [0.717, 1.165) is 51.0 Å². The Balaban J connectivity index is 1.23. The molecule has 3 saturated heterocycles. The van der Waals surface area contributed by atoms with Crippen LogP contribution in [0.25, 0.3) is 10.9 Å². The fourth-order valence-electron chi connectivity index (χ4n) is 12.2. The lowest BCUT2D eigenvalue weighted by atomic mass is 9.56. The van der Waals surface area contributed by atoms with Crippen molar-refractivity contribution in [3.63, 3.8) is 0 Å². The third-order valence-electron chi connectivity index (χ3n) is 14.8. The number of aromatic nitrogens is 1. The van der Waals surface area contributed by atoms with Gasteiger partial charge in [-0.15, -0.1) is 11.8 Å². The van der Waals surface area contributed by atoms with Crippen LogP contribution in [0.5, 0.6) is 23.0 Å². The van der Waals surface area contributed by atoms with E-state index in [1.807, 2.05) is 32.0 Å². The van der Waals surface area contributed by atoms with Gasteiger partial charge in [-0.1, -0.05) is 13.0 Å². The molecule has 0 amide bonds. The monoisotopic (exact) mass is 827 g/mol. The first kappa shape index (κ1) is 38.8. The molecule has 2 unspecified atom stereocenters. The number of piperidine rings is 1. The minimum absolute atomic E-state index is 0.00871. The molecule has 3 aromatic rings. The summed E-state index contributed by atoms with van der Waals surface area (Å²) in [4.78, 5) is 36.9. The number of allylic oxidation sites excluding steroid dienone is 2. The van der Waals surface area contributed by atoms with Gasteiger partial charge in [0.2, 0.25) is 6.79 Å². The summed E-state index contributed by atoms with van der Waals surface area (Å²) in [7, 11) is 5.43. The average molecular weight is 828 g/mol. The number of nitrogens with one attached hydrogen (secondary N) is 2. The number of carbonyl (C=O) groups is 2. The predicted octanol–water partition coefficient (Wildman–Crippen LogP) is 5.04. The van der Waals surface area contributed by atoms with Gasteiger partial charge in [-0.05, 0) is 75.9 Å². The number of aliphatic hydroxyl groups is 1. The van der Waals surface area contributed by atoms with E-state index in [2.05, 4.69) is 47.1 Å². The molecule has 1 aliphatic carbocycles. The number of aromatic amines is 1. The molecular weight excluding hydrogens is 775 g/mol. The van der Waals surface area contributed by atoms with E-state index in [1.165, 1.54) is 6.92 Å². The Morgan fingerprint density at radius 3 is 2.64 bits per heavy atom. The molecule has 0 radical (unpaired) electrons. The highest BCUT2D eigenvalue weighted by Gasteiger charge is 2.67. The van der Waals surface area contributed by atoms with Crippen molar-refractivity contribution >= 4 is 34.6 Å². The first-order valence-corrected chi connectivity index (χ1v) is 21.6. The number of nitrogens with two attached hydrogens (primary N) is 1. The van der Waals surface area contributed by atoms with Gasteiger partial charge >= 0.3 is 11.9 Å². The van der Waals surface area contributed by atoms with Gasteiger partial charge in [-0.2, -0.15) is 0 Å². The van der Waals surface area contributed by atoms with Crippen molar-refractivity contribution in [3.05, 3.63) is 69.3 Å². The molecule has 14 nitrogen and oxygen atoms in total. The number of thioether (sulfide) groups is 1. The van der Waals surface area contributed by atoms with E-state index >= 15 is 4.79 Å². The van der Waals surface area contributed by atoms with Crippen LogP contribution in [0.3, 0.4) is 0 Å².